The molecule has 0 aromatic heterocycles. The van der Waals surface area contributed by atoms with Gasteiger partial charge in [0.25, 0.3) is 0 Å². The van der Waals surface area contributed by atoms with Crippen molar-refractivity contribution < 1.29 is 4.79 Å². The molecular formula is C20H22N4O. The first-order chi connectivity index (χ1) is 12.2. The van der Waals surface area contributed by atoms with Crippen LogP contribution in [0.15, 0.2) is 54.6 Å². The number of carbonyl (C=O) groups excluding carboxylic acids is 1. The standard InChI is InChI=1S/C20H22N4O/c21-15-16-7-9-18(10-8-16)23-11-4-12-24(14-13-23)19(20(22)25)17-5-2-1-3-6-17/h1-3,5-10,19H,4,11-14H2,(H2,22,25). The molecular weight excluding hydrogens is 312 g/mol. The van der Waals surface area contributed by atoms with Crippen LogP contribution in [0.5, 0.6) is 0 Å². The van der Waals surface area contributed by atoms with Crippen molar-refractivity contribution in [3.8, 4) is 6.07 Å². The molecule has 2 aromatic rings. The van der Waals surface area contributed by atoms with Crippen LogP contribution >= 0.6 is 0 Å². The molecule has 1 atom stereocenters. The van der Waals surface area contributed by atoms with Crippen molar-refractivity contribution in [3.05, 3.63) is 65.7 Å². The van der Waals surface area contributed by atoms with Crippen LogP contribution in [0.2, 0.25) is 0 Å². The first-order valence-electron chi connectivity index (χ1n) is 8.52. The topological polar surface area (TPSA) is 73.4 Å². The molecule has 0 saturated carbocycles. The molecule has 1 fully saturated rings. The normalized spacial score (nSPS) is 16.7. The highest BCUT2D eigenvalue weighted by Gasteiger charge is 2.27. The van der Waals surface area contributed by atoms with Gasteiger partial charge in [-0.05, 0) is 36.2 Å². The number of primary amides is 1. The molecule has 0 bridgehead atoms. The van der Waals surface area contributed by atoms with Gasteiger partial charge < -0.3 is 10.6 Å². The predicted octanol–water partition coefficient (Wildman–Crippen LogP) is 2.30. The molecule has 2 N–H and O–H groups in total. The highest BCUT2D eigenvalue weighted by Crippen LogP contribution is 2.24. The molecule has 0 radical (unpaired) electrons. The van der Waals surface area contributed by atoms with Crippen LogP contribution in [0.4, 0.5) is 5.69 Å². The van der Waals surface area contributed by atoms with E-state index in [2.05, 4.69) is 15.9 Å². The van der Waals surface area contributed by atoms with E-state index in [0.29, 0.717) is 5.56 Å². The van der Waals surface area contributed by atoms with Gasteiger partial charge in [-0.25, -0.2) is 0 Å². The van der Waals surface area contributed by atoms with E-state index < -0.39 is 0 Å². The molecule has 1 saturated heterocycles. The Morgan fingerprint density at radius 1 is 1.00 bits per heavy atom. The minimum Gasteiger partial charge on any atom is -0.370 e. The third-order valence-corrected chi connectivity index (χ3v) is 4.64. The summed E-state index contributed by atoms with van der Waals surface area (Å²) in [6.07, 6.45) is 0.955. The van der Waals surface area contributed by atoms with Gasteiger partial charge in [-0.1, -0.05) is 30.3 Å². The summed E-state index contributed by atoms with van der Waals surface area (Å²) < 4.78 is 0. The smallest absolute Gasteiger partial charge is 0.239 e. The fourth-order valence-electron chi connectivity index (χ4n) is 3.39. The molecule has 128 valence electrons. The van der Waals surface area contributed by atoms with Gasteiger partial charge in [0.15, 0.2) is 0 Å². The molecule has 1 amide bonds. The molecule has 5 nitrogen and oxygen atoms in total. The number of hydrogen-bond acceptors (Lipinski definition) is 4. The number of nitrogens with zero attached hydrogens (tertiary/aromatic N) is 3. The van der Waals surface area contributed by atoms with Gasteiger partial charge in [-0.3, -0.25) is 9.69 Å². The summed E-state index contributed by atoms with van der Waals surface area (Å²) in [5, 5.41) is 8.93. The van der Waals surface area contributed by atoms with Crippen LogP contribution < -0.4 is 10.6 Å². The van der Waals surface area contributed by atoms with Gasteiger partial charge >= 0.3 is 0 Å². The summed E-state index contributed by atoms with van der Waals surface area (Å²) in [7, 11) is 0. The lowest BCUT2D eigenvalue weighted by Gasteiger charge is -2.29. The molecule has 25 heavy (non-hydrogen) atoms. The van der Waals surface area contributed by atoms with Crippen LogP contribution in [0.1, 0.15) is 23.6 Å². The van der Waals surface area contributed by atoms with Crippen molar-refractivity contribution >= 4 is 11.6 Å². The summed E-state index contributed by atoms with van der Waals surface area (Å²) in [4.78, 5) is 16.5. The van der Waals surface area contributed by atoms with Crippen LogP contribution in [-0.2, 0) is 4.79 Å². The minimum absolute atomic E-state index is 0.307. The summed E-state index contributed by atoms with van der Waals surface area (Å²) in [6.45, 7) is 3.34. The maximum Gasteiger partial charge on any atom is 0.239 e. The van der Waals surface area contributed by atoms with Crippen molar-refractivity contribution in [2.75, 3.05) is 31.1 Å². The number of hydrogen-bond donors (Lipinski definition) is 1. The number of anilines is 1. The zero-order valence-electron chi connectivity index (χ0n) is 14.1. The number of rotatable bonds is 4. The second-order valence-electron chi connectivity index (χ2n) is 6.25. The molecule has 0 spiro atoms. The zero-order valence-corrected chi connectivity index (χ0v) is 14.1. The fourth-order valence-corrected chi connectivity index (χ4v) is 3.39. The van der Waals surface area contributed by atoms with E-state index in [0.717, 1.165) is 43.9 Å². The maximum absolute atomic E-state index is 12.1. The Hall–Kier alpha value is -2.84. The van der Waals surface area contributed by atoms with Crippen LogP contribution in [0.25, 0.3) is 0 Å². The number of nitrogens with two attached hydrogens (primary N) is 1. The van der Waals surface area contributed by atoms with E-state index in [-0.39, 0.29) is 11.9 Å². The Kier molecular flexibility index (Phi) is 5.32. The zero-order chi connectivity index (χ0) is 17.6. The van der Waals surface area contributed by atoms with Crippen LogP contribution in [0, 0.1) is 11.3 Å². The second kappa shape index (κ2) is 7.82. The first kappa shape index (κ1) is 17.0. The van der Waals surface area contributed by atoms with E-state index in [1.165, 1.54) is 0 Å². The largest absolute Gasteiger partial charge is 0.370 e. The summed E-state index contributed by atoms with van der Waals surface area (Å²) >= 11 is 0. The first-order valence-corrected chi connectivity index (χ1v) is 8.52. The number of amides is 1. The quantitative estimate of drug-likeness (QED) is 0.931. The molecule has 1 heterocycles. The lowest BCUT2D eigenvalue weighted by molar-refractivity contribution is -0.123. The van der Waals surface area contributed by atoms with Crippen LogP contribution in [0.3, 0.4) is 0 Å². The van der Waals surface area contributed by atoms with Crippen molar-refractivity contribution in [1.29, 1.82) is 5.26 Å². The molecule has 2 aromatic carbocycles. The van der Waals surface area contributed by atoms with E-state index in [4.69, 9.17) is 11.0 Å². The minimum atomic E-state index is -0.387. The van der Waals surface area contributed by atoms with Crippen LogP contribution in [-0.4, -0.2) is 37.0 Å². The van der Waals surface area contributed by atoms with Gasteiger partial charge in [-0.15, -0.1) is 0 Å². The van der Waals surface area contributed by atoms with Crippen molar-refractivity contribution in [2.45, 2.75) is 12.5 Å². The van der Waals surface area contributed by atoms with E-state index >= 15 is 0 Å². The summed E-state index contributed by atoms with van der Waals surface area (Å²) in [5.41, 5.74) is 8.42. The van der Waals surface area contributed by atoms with Gasteiger partial charge in [0.2, 0.25) is 5.91 Å². The van der Waals surface area contributed by atoms with E-state index in [1.807, 2.05) is 54.6 Å². The van der Waals surface area contributed by atoms with Crippen molar-refractivity contribution in [3.63, 3.8) is 0 Å². The van der Waals surface area contributed by atoms with Gasteiger partial charge in [-0.2, -0.15) is 5.26 Å². The second-order valence-corrected chi connectivity index (χ2v) is 6.25. The maximum atomic E-state index is 12.1. The number of carbonyl (C=O) groups is 1. The monoisotopic (exact) mass is 334 g/mol. The number of benzene rings is 2. The molecule has 1 unspecified atom stereocenters. The van der Waals surface area contributed by atoms with Gasteiger partial charge in [0.05, 0.1) is 11.6 Å². The SMILES string of the molecule is N#Cc1ccc(N2CCCN(C(C(N)=O)c3ccccc3)CC2)cc1. The lowest BCUT2D eigenvalue weighted by atomic mass is 10.0. The average Bonchev–Trinajstić information content (AvgIpc) is 2.89. The highest BCUT2D eigenvalue weighted by molar-refractivity contribution is 5.81. The Morgan fingerprint density at radius 2 is 1.72 bits per heavy atom. The molecule has 1 aliphatic heterocycles. The Labute approximate surface area is 148 Å². The Morgan fingerprint density at radius 3 is 2.36 bits per heavy atom. The van der Waals surface area contributed by atoms with Crippen molar-refractivity contribution in [2.24, 2.45) is 5.73 Å². The van der Waals surface area contributed by atoms with Crippen molar-refractivity contribution in [1.82, 2.24) is 4.90 Å². The summed E-state index contributed by atoms with van der Waals surface area (Å²) in [5.74, 6) is -0.307. The van der Waals surface area contributed by atoms with Gasteiger partial charge in [0.1, 0.15) is 6.04 Å². The average molecular weight is 334 g/mol. The molecule has 1 aliphatic rings. The molecule has 0 aliphatic carbocycles. The van der Waals surface area contributed by atoms with Gasteiger partial charge in [0, 0.05) is 31.9 Å². The third kappa shape index (κ3) is 3.98. The number of nitriles is 1. The third-order valence-electron chi connectivity index (χ3n) is 4.64. The fraction of sp³-hybridized carbons (Fsp3) is 0.300. The summed E-state index contributed by atoms with van der Waals surface area (Å²) in [6, 6.07) is 19.1. The predicted molar refractivity (Wildman–Crippen MR) is 97.9 cm³/mol. The molecule has 3 rings (SSSR count). The van der Waals surface area contributed by atoms with E-state index in [9.17, 15) is 4.79 Å². The van der Waals surface area contributed by atoms with E-state index in [1.54, 1.807) is 0 Å². The molecule has 5 heteroatoms. The lowest BCUT2D eigenvalue weighted by Crippen LogP contribution is -2.40. The Balaban J connectivity index is 1.73. The Bertz CT molecular complexity index is 752. The highest BCUT2D eigenvalue weighted by atomic mass is 16.1.